The van der Waals surface area contributed by atoms with Crippen LogP contribution < -0.4 is 0 Å². The summed E-state index contributed by atoms with van der Waals surface area (Å²) in [7, 11) is 0. The Morgan fingerprint density at radius 3 is 1.05 bits per heavy atom. The van der Waals surface area contributed by atoms with E-state index in [9.17, 15) is 14.4 Å². The van der Waals surface area contributed by atoms with Crippen LogP contribution >= 0.6 is 0 Å². The standard InChI is InChI=1S/C56H98O6/c1-4-7-10-13-16-19-22-24-26-27-28-29-31-32-34-37-40-43-46-49-55(58)61-52-53(51-60-54(57)48-45-42-39-36-21-18-15-12-9-6-3)62-56(59)50-47-44-41-38-35-33-30-25-23-20-17-14-11-8-5-2/h7,10,15-16,18-20,23-24,26,53H,4-6,8-9,11-14,17,21-22,25,27-52H2,1-3H3/b10-7-,18-15-,19-16-,23-20-,26-24-. The molecule has 1 unspecified atom stereocenters. The summed E-state index contributed by atoms with van der Waals surface area (Å²) in [5.74, 6) is -0.901. The van der Waals surface area contributed by atoms with Gasteiger partial charge in [-0.2, -0.15) is 0 Å². The Morgan fingerprint density at radius 2 is 0.645 bits per heavy atom. The van der Waals surface area contributed by atoms with Gasteiger partial charge in [0.25, 0.3) is 0 Å². The van der Waals surface area contributed by atoms with E-state index in [4.69, 9.17) is 14.2 Å². The van der Waals surface area contributed by atoms with Gasteiger partial charge >= 0.3 is 17.9 Å². The van der Waals surface area contributed by atoms with Crippen molar-refractivity contribution in [3.05, 3.63) is 60.8 Å². The second-order valence-corrected chi connectivity index (χ2v) is 17.4. The Kier molecular flexibility index (Phi) is 48.4. The predicted molar refractivity (Wildman–Crippen MR) is 265 cm³/mol. The normalized spacial score (nSPS) is 12.5. The minimum atomic E-state index is -0.781. The van der Waals surface area contributed by atoms with Crippen LogP contribution in [0.3, 0.4) is 0 Å². The van der Waals surface area contributed by atoms with E-state index in [1.54, 1.807) is 0 Å². The first-order chi connectivity index (χ1) is 30.5. The van der Waals surface area contributed by atoms with Crippen LogP contribution in [-0.4, -0.2) is 37.2 Å². The number of allylic oxidation sites excluding steroid dienone is 10. The van der Waals surface area contributed by atoms with Crippen molar-refractivity contribution in [1.29, 1.82) is 0 Å². The summed E-state index contributed by atoms with van der Waals surface area (Å²) < 4.78 is 16.8. The van der Waals surface area contributed by atoms with Crippen LogP contribution in [0, 0.1) is 0 Å². The largest absolute Gasteiger partial charge is 0.462 e. The monoisotopic (exact) mass is 867 g/mol. The predicted octanol–water partition coefficient (Wildman–Crippen LogP) is 17.3. The molecule has 1 atom stereocenters. The Labute approximate surface area is 383 Å². The Bertz CT molecular complexity index is 1130. The van der Waals surface area contributed by atoms with Crippen molar-refractivity contribution in [2.45, 2.75) is 264 Å². The molecule has 0 aromatic carbocycles. The van der Waals surface area contributed by atoms with Crippen molar-refractivity contribution in [1.82, 2.24) is 0 Å². The molecule has 358 valence electrons. The lowest BCUT2D eigenvalue weighted by atomic mass is 10.1. The molecule has 0 saturated carbocycles. The van der Waals surface area contributed by atoms with E-state index in [0.717, 1.165) is 96.3 Å². The first kappa shape index (κ1) is 59.1. The molecule has 0 rings (SSSR count). The summed E-state index contributed by atoms with van der Waals surface area (Å²) in [4.78, 5) is 37.9. The maximum Gasteiger partial charge on any atom is 0.306 e. The van der Waals surface area contributed by atoms with E-state index in [1.807, 2.05) is 0 Å². The molecule has 0 amide bonds. The second-order valence-electron chi connectivity index (χ2n) is 17.4. The third-order valence-electron chi connectivity index (χ3n) is 11.2. The molecule has 62 heavy (non-hydrogen) atoms. The number of hydrogen-bond acceptors (Lipinski definition) is 6. The molecule has 6 nitrogen and oxygen atoms in total. The number of rotatable bonds is 47. The molecule has 6 heteroatoms. The van der Waals surface area contributed by atoms with Gasteiger partial charge in [-0.3, -0.25) is 14.4 Å². The topological polar surface area (TPSA) is 78.9 Å². The fourth-order valence-electron chi connectivity index (χ4n) is 7.26. The van der Waals surface area contributed by atoms with Gasteiger partial charge in [0.2, 0.25) is 0 Å². The number of ether oxygens (including phenoxy) is 3. The second kappa shape index (κ2) is 50.8. The average molecular weight is 867 g/mol. The van der Waals surface area contributed by atoms with Crippen molar-refractivity contribution in [3.8, 4) is 0 Å². The molecule has 0 aliphatic rings. The molecule has 0 fully saturated rings. The highest BCUT2D eigenvalue weighted by Crippen LogP contribution is 2.15. The lowest BCUT2D eigenvalue weighted by Gasteiger charge is -2.18. The van der Waals surface area contributed by atoms with Gasteiger partial charge in [0, 0.05) is 19.3 Å². The minimum Gasteiger partial charge on any atom is -0.462 e. The molecule has 0 radical (unpaired) electrons. The van der Waals surface area contributed by atoms with Crippen LogP contribution in [0.4, 0.5) is 0 Å². The third-order valence-corrected chi connectivity index (χ3v) is 11.2. The first-order valence-electron chi connectivity index (χ1n) is 26.3. The molecule has 0 heterocycles. The quantitative estimate of drug-likeness (QED) is 0.0262. The SMILES string of the molecule is CC/C=C\C/C=C\C/C=C\CCCCCCCCCCCC(=O)OCC(COC(=O)CCCCCC/C=C\CCCC)OC(=O)CCCCCCCCC/C=C\CCCCCC. The van der Waals surface area contributed by atoms with Crippen molar-refractivity contribution in [2.24, 2.45) is 0 Å². The van der Waals surface area contributed by atoms with E-state index in [-0.39, 0.29) is 31.1 Å². The van der Waals surface area contributed by atoms with Gasteiger partial charge in [0.05, 0.1) is 0 Å². The van der Waals surface area contributed by atoms with Crippen LogP contribution in [0.1, 0.15) is 258 Å². The van der Waals surface area contributed by atoms with E-state index in [2.05, 4.69) is 81.5 Å². The fourth-order valence-corrected chi connectivity index (χ4v) is 7.26. The van der Waals surface area contributed by atoms with E-state index in [1.165, 1.54) is 122 Å². The first-order valence-corrected chi connectivity index (χ1v) is 26.3. The van der Waals surface area contributed by atoms with Gasteiger partial charge in [-0.1, -0.05) is 204 Å². The molecular weight excluding hydrogens is 769 g/mol. The maximum atomic E-state index is 12.8. The molecule has 0 saturated heterocycles. The molecule has 0 aromatic heterocycles. The lowest BCUT2D eigenvalue weighted by Crippen LogP contribution is -2.30. The highest BCUT2D eigenvalue weighted by molar-refractivity contribution is 5.71. The third kappa shape index (κ3) is 48.1. The van der Waals surface area contributed by atoms with Gasteiger partial charge in [-0.05, 0) is 96.3 Å². The summed E-state index contributed by atoms with van der Waals surface area (Å²) in [6, 6.07) is 0. The van der Waals surface area contributed by atoms with Gasteiger partial charge in [-0.15, -0.1) is 0 Å². The Hall–Kier alpha value is -2.89. The number of hydrogen-bond donors (Lipinski definition) is 0. The van der Waals surface area contributed by atoms with E-state index >= 15 is 0 Å². The smallest absolute Gasteiger partial charge is 0.306 e. The molecule has 0 aliphatic carbocycles. The molecule has 0 aromatic rings. The maximum absolute atomic E-state index is 12.8. The van der Waals surface area contributed by atoms with Crippen LogP contribution in [0.25, 0.3) is 0 Å². The van der Waals surface area contributed by atoms with Gasteiger partial charge in [0.15, 0.2) is 6.10 Å². The summed E-state index contributed by atoms with van der Waals surface area (Å²) in [6.45, 7) is 6.46. The zero-order valence-electron chi connectivity index (χ0n) is 40.9. The Morgan fingerprint density at radius 1 is 0.339 bits per heavy atom. The summed E-state index contributed by atoms with van der Waals surface area (Å²) >= 11 is 0. The number of carbonyl (C=O) groups is 3. The summed E-state index contributed by atoms with van der Waals surface area (Å²) in [5, 5.41) is 0. The zero-order valence-corrected chi connectivity index (χ0v) is 40.9. The fraction of sp³-hybridized carbons (Fsp3) is 0.768. The molecule has 0 bridgehead atoms. The van der Waals surface area contributed by atoms with E-state index in [0.29, 0.717) is 19.3 Å². The van der Waals surface area contributed by atoms with Crippen LogP contribution in [-0.2, 0) is 28.6 Å². The molecular formula is C56H98O6. The van der Waals surface area contributed by atoms with Crippen molar-refractivity contribution in [2.75, 3.05) is 13.2 Å². The minimum absolute atomic E-state index is 0.0819. The number of esters is 3. The van der Waals surface area contributed by atoms with Crippen molar-refractivity contribution in [3.63, 3.8) is 0 Å². The van der Waals surface area contributed by atoms with Gasteiger partial charge in [0.1, 0.15) is 13.2 Å². The Balaban J connectivity index is 4.33. The van der Waals surface area contributed by atoms with Crippen LogP contribution in [0.15, 0.2) is 60.8 Å². The molecule has 0 aliphatic heterocycles. The van der Waals surface area contributed by atoms with Crippen molar-refractivity contribution >= 4 is 17.9 Å². The average Bonchev–Trinajstić information content (AvgIpc) is 3.27. The lowest BCUT2D eigenvalue weighted by molar-refractivity contribution is -0.167. The number of carbonyl (C=O) groups excluding carboxylic acids is 3. The molecule has 0 spiro atoms. The van der Waals surface area contributed by atoms with Crippen LogP contribution in [0.2, 0.25) is 0 Å². The summed E-state index contributed by atoms with van der Waals surface area (Å²) in [6.07, 6.45) is 62.1. The highest BCUT2D eigenvalue weighted by atomic mass is 16.6. The zero-order chi connectivity index (χ0) is 45.1. The highest BCUT2D eigenvalue weighted by Gasteiger charge is 2.19. The van der Waals surface area contributed by atoms with E-state index < -0.39 is 6.10 Å². The van der Waals surface area contributed by atoms with Gasteiger partial charge in [-0.25, -0.2) is 0 Å². The van der Waals surface area contributed by atoms with Crippen molar-refractivity contribution < 1.29 is 28.6 Å². The number of unbranched alkanes of at least 4 members (excludes halogenated alkanes) is 26. The van der Waals surface area contributed by atoms with Gasteiger partial charge < -0.3 is 14.2 Å². The summed E-state index contributed by atoms with van der Waals surface area (Å²) in [5.41, 5.74) is 0. The van der Waals surface area contributed by atoms with Crippen LogP contribution in [0.5, 0.6) is 0 Å². The molecule has 0 N–H and O–H groups in total.